The average Bonchev–Trinajstić information content (AvgIpc) is 2.91. The summed E-state index contributed by atoms with van der Waals surface area (Å²) in [4.78, 5) is 12.0. The highest BCUT2D eigenvalue weighted by atomic mass is 79.9. The highest BCUT2D eigenvalue weighted by Crippen LogP contribution is 2.32. The molecule has 0 heterocycles. The Morgan fingerprint density at radius 1 is 1.30 bits per heavy atom. The van der Waals surface area contributed by atoms with Crippen molar-refractivity contribution in [3.8, 4) is 0 Å². The lowest BCUT2D eigenvalue weighted by atomic mass is 9.98. The minimum Gasteiger partial charge on any atom is -0.356 e. The Balaban J connectivity index is 1.72. The molecular weight excluding hydrogens is 314 g/mol. The maximum atomic E-state index is 12.0. The Morgan fingerprint density at radius 2 is 2.05 bits per heavy atom. The van der Waals surface area contributed by atoms with E-state index >= 15 is 0 Å². The Labute approximate surface area is 130 Å². The number of carbonyl (C=O) groups excluding carboxylic acids is 1. The minimum atomic E-state index is 0.188. The van der Waals surface area contributed by atoms with Gasteiger partial charge in [-0.2, -0.15) is 0 Å². The van der Waals surface area contributed by atoms with Gasteiger partial charge in [-0.15, -0.1) is 0 Å². The summed E-state index contributed by atoms with van der Waals surface area (Å²) in [7, 11) is 0. The molecule has 2 rings (SSSR count). The SMILES string of the molecule is Cc1ccccc1CCC(=O)NCC1CCCC1CBr. The molecule has 0 bridgehead atoms. The fourth-order valence-electron chi connectivity index (χ4n) is 3.06. The molecular formula is C17H24BrNO. The van der Waals surface area contributed by atoms with Crippen LogP contribution in [0.25, 0.3) is 0 Å². The van der Waals surface area contributed by atoms with Crippen molar-refractivity contribution in [2.24, 2.45) is 11.8 Å². The highest BCUT2D eigenvalue weighted by molar-refractivity contribution is 9.09. The van der Waals surface area contributed by atoms with E-state index in [0.29, 0.717) is 12.3 Å². The summed E-state index contributed by atoms with van der Waals surface area (Å²) in [5.74, 6) is 1.59. The maximum absolute atomic E-state index is 12.0. The van der Waals surface area contributed by atoms with Gasteiger partial charge in [0.15, 0.2) is 0 Å². The summed E-state index contributed by atoms with van der Waals surface area (Å²) in [6.07, 6.45) is 5.30. The van der Waals surface area contributed by atoms with Crippen LogP contribution in [0.1, 0.15) is 36.8 Å². The number of nitrogens with one attached hydrogen (secondary N) is 1. The zero-order valence-corrected chi connectivity index (χ0v) is 13.8. The second kappa shape index (κ2) is 7.82. The Hall–Kier alpha value is -0.830. The molecule has 0 radical (unpaired) electrons. The van der Waals surface area contributed by atoms with Crippen molar-refractivity contribution in [3.05, 3.63) is 35.4 Å². The first-order valence-corrected chi connectivity index (χ1v) is 8.70. The zero-order chi connectivity index (χ0) is 14.4. The van der Waals surface area contributed by atoms with E-state index in [1.165, 1.54) is 30.4 Å². The third kappa shape index (κ3) is 4.34. The van der Waals surface area contributed by atoms with Gasteiger partial charge in [0.25, 0.3) is 0 Å². The van der Waals surface area contributed by atoms with E-state index in [1.54, 1.807) is 0 Å². The number of rotatable bonds is 6. The van der Waals surface area contributed by atoms with Gasteiger partial charge in [0.1, 0.15) is 0 Å². The van der Waals surface area contributed by atoms with Crippen LogP contribution in [0, 0.1) is 18.8 Å². The molecule has 1 aromatic carbocycles. The number of hydrogen-bond donors (Lipinski definition) is 1. The Bertz CT molecular complexity index is 446. The number of aryl methyl sites for hydroxylation is 2. The first-order valence-electron chi connectivity index (χ1n) is 7.58. The molecule has 0 aromatic heterocycles. The Morgan fingerprint density at radius 3 is 2.80 bits per heavy atom. The molecule has 0 spiro atoms. The van der Waals surface area contributed by atoms with Crippen molar-refractivity contribution in [3.63, 3.8) is 0 Å². The third-order valence-electron chi connectivity index (χ3n) is 4.46. The topological polar surface area (TPSA) is 29.1 Å². The zero-order valence-electron chi connectivity index (χ0n) is 12.2. The van der Waals surface area contributed by atoms with Gasteiger partial charge in [-0.3, -0.25) is 4.79 Å². The summed E-state index contributed by atoms with van der Waals surface area (Å²) < 4.78 is 0. The molecule has 2 nitrogen and oxygen atoms in total. The van der Waals surface area contributed by atoms with Gasteiger partial charge in [-0.1, -0.05) is 46.6 Å². The predicted molar refractivity (Wildman–Crippen MR) is 87.1 cm³/mol. The van der Waals surface area contributed by atoms with Gasteiger partial charge in [-0.25, -0.2) is 0 Å². The van der Waals surface area contributed by atoms with Crippen LogP contribution >= 0.6 is 15.9 Å². The van der Waals surface area contributed by atoms with E-state index in [2.05, 4.69) is 40.3 Å². The summed E-state index contributed by atoms with van der Waals surface area (Å²) >= 11 is 3.58. The lowest BCUT2D eigenvalue weighted by molar-refractivity contribution is -0.121. The van der Waals surface area contributed by atoms with Gasteiger partial charge in [0.05, 0.1) is 0 Å². The van der Waals surface area contributed by atoms with E-state index in [-0.39, 0.29) is 5.91 Å². The van der Waals surface area contributed by atoms with Gasteiger partial charge < -0.3 is 5.32 Å². The summed E-state index contributed by atoms with van der Waals surface area (Å²) in [6.45, 7) is 2.95. The molecule has 1 amide bonds. The summed E-state index contributed by atoms with van der Waals surface area (Å²) in [5.41, 5.74) is 2.55. The van der Waals surface area contributed by atoms with Crippen LogP contribution in [-0.2, 0) is 11.2 Å². The second-order valence-electron chi connectivity index (χ2n) is 5.84. The van der Waals surface area contributed by atoms with Crippen LogP contribution in [0.3, 0.4) is 0 Å². The standard InChI is InChI=1S/C17H24BrNO/c1-13-5-2-3-6-14(13)9-10-17(20)19-12-16-8-4-7-15(16)11-18/h2-3,5-6,15-16H,4,7-12H2,1H3,(H,19,20). The molecule has 1 aliphatic carbocycles. The van der Waals surface area contributed by atoms with Crippen LogP contribution in [0.4, 0.5) is 0 Å². The highest BCUT2D eigenvalue weighted by Gasteiger charge is 2.26. The average molecular weight is 338 g/mol. The molecule has 1 fully saturated rings. The van der Waals surface area contributed by atoms with Crippen molar-refractivity contribution in [1.29, 1.82) is 0 Å². The molecule has 1 N–H and O–H groups in total. The van der Waals surface area contributed by atoms with Gasteiger partial charge in [-0.05, 0) is 49.1 Å². The number of alkyl halides is 1. The van der Waals surface area contributed by atoms with E-state index < -0.39 is 0 Å². The van der Waals surface area contributed by atoms with Crippen molar-refractivity contribution < 1.29 is 4.79 Å². The van der Waals surface area contributed by atoms with Crippen LogP contribution < -0.4 is 5.32 Å². The monoisotopic (exact) mass is 337 g/mol. The van der Waals surface area contributed by atoms with Gasteiger partial charge in [0.2, 0.25) is 5.91 Å². The molecule has 1 aromatic rings. The maximum Gasteiger partial charge on any atom is 0.220 e. The van der Waals surface area contributed by atoms with E-state index in [0.717, 1.165) is 24.2 Å². The molecule has 2 unspecified atom stereocenters. The van der Waals surface area contributed by atoms with Crippen LogP contribution in [0.2, 0.25) is 0 Å². The molecule has 1 aliphatic rings. The first kappa shape index (κ1) is 15.6. The molecule has 1 saturated carbocycles. The molecule has 3 heteroatoms. The molecule has 2 atom stereocenters. The minimum absolute atomic E-state index is 0.188. The fraction of sp³-hybridized carbons (Fsp3) is 0.588. The molecule has 0 aliphatic heterocycles. The number of carbonyl (C=O) groups is 1. The van der Waals surface area contributed by atoms with Crippen LogP contribution in [-0.4, -0.2) is 17.8 Å². The fourth-order valence-corrected chi connectivity index (χ4v) is 3.91. The number of amides is 1. The lowest BCUT2D eigenvalue weighted by Gasteiger charge is -2.17. The van der Waals surface area contributed by atoms with E-state index in [9.17, 15) is 4.79 Å². The Kier molecular flexibility index (Phi) is 6.08. The molecule has 20 heavy (non-hydrogen) atoms. The summed E-state index contributed by atoms with van der Waals surface area (Å²) in [6, 6.07) is 8.30. The van der Waals surface area contributed by atoms with Crippen molar-refractivity contribution in [1.82, 2.24) is 5.32 Å². The smallest absolute Gasteiger partial charge is 0.220 e. The largest absolute Gasteiger partial charge is 0.356 e. The van der Waals surface area contributed by atoms with E-state index in [4.69, 9.17) is 0 Å². The second-order valence-corrected chi connectivity index (χ2v) is 6.48. The van der Waals surface area contributed by atoms with Crippen molar-refractivity contribution in [2.45, 2.75) is 39.0 Å². The van der Waals surface area contributed by atoms with Gasteiger partial charge in [0, 0.05) is 18.3 Å². The lowest BCUT2D eigenvalue weighted by Crippen LogP contribution is -2.31. The first-order chi connectivity index (χ1) is 9.70. The van der Waals surface area contributed by atoms with Crippen molar-refractivity contribution >= 4 is 21.8 Å². The van der Waals surface area contributed by atoms with Crippen LogP contribution in [0.5, 0.6) is 0 Å². The third-order valence-corrected chi connectivity index (χ3v) is 5.29. The normalized spacial score (nSPS) is 21.9. The van der Waals surface area contributed by atoms with E-state index in [1.807, 2.05) is 12.1 Å². The summed E-state index contributed by atoms with van der Waals surface area (Å²) in [5, 5.41) is 4.19. The van der Waals surface area contributed by atoms with Crippen LogP contribution in [0.15, 0.2) is 24.3 Å². The van der Waals surface area contributed by atoms with Crippen molar-refractivity contribution in [2.75, 3.05) is 11.9 Å². The number of benzene rings is 1. The quantitative estimate of drug-likeness (QED) is 0.784. The molecule has 0 saturated heterocycles. The van der Waals surface area contributed by atoms with Gasteiger partial charge >= 0.3 is 0 Å². The number of hydrogen-bond acceptors (Lipinski definition) is 1. The molecule has 110 valence electrons. The predicted octanol–water partition coefficient (Wildman–Crippen LogP) is 3.86. The number of halogens is 1.